The number of nitrogens with one attached hydrogen (secondary N) is 1. The summed E-state index contributed by atoms with van der Waals surface area (Å²) in [5, 5.41) is 11.0. The number of amides is 1. The molecule has 114 valence electrons. The fourth-order valence-electron chi connectivity index (χ4n) is 1.39. The first-order valence-electron chi connectivity index (χ1n) is 5.98. The SMILES string of the molecule is CC(C)(C)OC(=O)N/C(=C/c1cc(F)cc(F)c1)C(=O)O. The normalized spacial score (nSPS) is 12.0. The molecular formula is C14H15F2NO4. The predicted molar refractivity (Wildman–Crippen MR) is 71.3 cm³/mol. The zero-order chi connectivity index (χ0) is 16.2. The van der Waals surface area contributed by atoms with E-state index in [0.717, 1.165) is 18.2 Å². The lowest BCUT2D eigenvalue weighted by Crippen LogP contribution is -2.34. The molecule has 0 aliphatic carbocycles. The molecule has 0 saturated carbocycles. The molecule has 1 aromatic carbocycles. The molecule has 2 N–H and O–H groups in total. The van der Waals surface area contributed by atoms with Gasteiger partial charge in [-0.2, -0.15) is 0 Å². The van der Waals surface area contributed by atoms with Crippen LogP contribution >= 0.6 is 0 Å². The molecule has 0 heterocycles. The van der Waals surface area contributed by atoms with Crippen molar-refractivity contribution in [2.45, 2.75) is 26.4 Å². The van der Waals surface area contributed by atoms with Gasteiger partial charge in [0, 0.05) is 6.07 Å². The Hall–Kier alpha value is -2.44. The van der Waals surface area contributed by atoms with Gasteiger partial charge in [0.1, 0.15) is 22.9 Å². The number of ether oxygens (including phenoxy) is 1. The highest BCUT2D eigenvalue weighted by Crippen LogP contribution is 2.12. The highest BCUT2D eigenvalue weighted by Gasteiger charge is 2.19. The van der Waals surface area contributed by atoms with Gasteiger partial charge < -0.3 is 9.84 Å². The van der Waals surface area contributed by atoms with Crippen LogP contribution in [0, 0.1) is 11.6 Å². The van der Waals surface area contributed by atoms with Crippen molar-refractivity contribution in [1.29, 1.82) is 0 Å². The van der Waals surface area contributed by atoms with Crippen LogP contribution in [0.5, 0.6) is 0 Å². The molecule has 0 fully saturated rings. The van der Waals surface area contributed by atoms with E-state index in [-0.39, 0.29) is 5.56 Å². The van der Waals surface area contributed by atoms with E-state index < -0.39 is 35.0 Å². The van der Waals surface area contributed by atoms with Crippen molar-refractivity contribution in [2.24, 2.45) is 0 Å². The van der Waals surface area contributed by atoms with Crippen LogP contribution in [-0.4, -0.2) is 22.8 Å². The maximum absolute atomic E-state index is 13.0. The van der Waals surface area contributed by atoms with Crippen LogP contribution in [0.4, 0.5) is 13.6 Å². The lowest BCUT2D eigenvalue weighted by molar-refractivity contribution is -0.133. The van der Waals surface area contributed by atoms with E-state index in [4.69, 9.17) is 9.84 Å². The molecule has 1 rings (SSSR count). The number of alkyl carbamates (subject to hydrolysis) is 1. The smallest absolute Gasteiger partial charge is 0.412 e. The molecule has 1 aromatic rings. The van der Waals surface area contributed by atoms with E-state index in [9.17, 15) is 18.4 Å². The van der Waals surface area contributed by atoms with Crippen molar-refractivity contribution < 1.29 is 28.2 Å². The zero-order valence-electron chi connectivity index (χ0n) is 11.7. The summed E-state index contributed by atoms with van der Waals surface area (Å²) in [6.07, 6.45) is -0.0497. The fourth-order valence-corrected chi connectivity index (χ4v) is 1.39. The van der Waals surface area contributed by atoms with Gasteiger partial charge in [-0.05, 0) is 44.5 Å². The molecule has 0 aliphatic rings. The maximum atomic E-state index is 13.0. The van der Waals surface area contributed by atoms with Crippen molar-refractivity contribution in [3.05, 3.63) is 41.1 Å². The van der Waals surface area contributed by atoms with E-state index in [1.54, 1.807) is 20.8 Å². The Morgan fingerprint density at radius 1 is 1.19 bits per heavy atom. The Labute approximate surface area is 120 Å². The second-order valence-electron chi connectivity index (χ2n) is 5.19. The highest BCUT2D eigenvalue weighted by atomic mass is 19.1. The van der Waals surface area contributed by atoms with E-state index >= 15 is 0 Å². The summed E-state index contributed by atoms with van der Waals surface area (Å²) in [6, 6.07) is 2.52. The highest BCUT2D eigenvalue weighted by molar-refractivity contribution is 5.95. The summed E-state index contributed by atoms with van der Waals surface area (Å²) in [5.74, 6) is -3.18. The van der Waals surface area contributed by atoms with Crippen molar-refractivity contribution in [3.63, 3.8) is 0 Å². The molecule has 21 heavy (non-hydrogen) atoms. The third-order valence-electron chi connectivity index (χ3n) is 2.06. The fraction of sp³-hybridized carbons (Fsp3) is 0.286. The summed E-state index contributed by atoms with van der Waals surface area (Å²) >= 11 is 0. The van der Waals surface area contributed by atoms with Crippen LogP contribution in [0.15, 0.2) is 23.9 Å². The van der Waals surface area contributed by atoms with E-state index in [2.05, 4.69) is 0 Å². The topological polar surface area (TPSA) is 75.6 Å². The Morgan fingerprint density at radius 2 is 1.71 bits per heavy atom. The van der Waals surface area contributed by atoms with Crippen LogP contribution in [0.3, 0.4) is 0 Å². The Morgan fingerprint density at radius 3 is 2.14 bits per heavy atom. The lowest BCUT2D eigenvalue weighted by atomic mass is 10.2. The minimum Gasteiger partial charge on any atom is -0.477 e. The Bertz CT molecular complexity index is 571. The number of aliphatic carboxylic acids is 1. The van der Waals surface area contributed by atoms with Crippen molar-refractivity contribution in [3.8, 4) is 0 Å². The first kappa shape index (κ1) is 16.6. The molecule has 0 spiro atoms. The van der Waals surface area contributed by atoms with Gasteiger partial charge >= 0.3 is 12.1 Å². The maximum Gasteiger partial charge on any atom is 0.412 e. The van der Waals surface area contributed by atoms with Gasteiger partial charge in [-0.3, -0.25) is 5.32 Å². The average Bonchev–Trinajstić information content (AvgIpc) is 2.23. The molecule has 0 aromatic heterocycles. The standard InChI is InChI=1S/C14H15F2NO4/c1-14(2,3)21-13(20)17-11(12(18)19)6-8-4-9(15)7-10(16)5-8/h4-7H,1-3H3,(H,17,20)(H,18,19)/b11-6+. The van der Waals surface area contributed by atoms with E-state index in [1.165, 1.54) is 0 Å². The van der Waals surface area contributed by atoms with E-state index in [1.807, 2.05) is 5.32 Å². The monoisotopic (exact) mass is 299 g/mol. The molecule has 0 radical (unpaired) electrons. The molecule has 1 amide bonds. The third kappa shape index (κ3) is 6.03. The lowest BCUT2D eigenvalue weighted by Gasteiger charge is -2.19. The Kier molecular flexibility index (Phi) is 5.02. The van der Waals surface area contributed by atoms with Gasteiger partial charge in [0.05, 0.1) is 0 Å². The quantitative estimate of drug-likeness (QED) is 0.841. The van der Waals surface area contributed by atoms with Gasteiger partial charge in [-0.15, -0.1) is 0 Å². The molecule has 0 unspecified atom stereocenters. The number of carbonyl (C=O) groups is 2. The van der Waals surface area contributed by atoms with Crippen LogP contribution < -0.4 is 5.32 Å². The number of hydrogen-bond donors (Lipinski definition) is 2. The van der Waals surface area contributed by atoms with Crippen LogP contribution in [0.1, 0.15) is 26.3 Å². The molecule has 0 bridgehead atoms. The van der Waals surface area contributed by atoms with Gasteiger partial charge in [0.2, 0.25) is 0 Å². The van der Waals surface area contributed by atoms with E-state index in [0.29, 0.717) is 6.07 Å². The first-order valence-corrected chi connectivity index (χ1v) is 5.98. The molecule has 5 nitrogen and oxygen atoms in total. The molecule has 7 heteroatoms. The van der Waals surface area contributed by atoms with Gasteiger partial charge in [0.15, 0.2) is 0 Å². The summed E-state index contributed by atoms with van der Waals surface area (Å²) < 4.78 is 31.0. The van der Waals surface area contributed by atoms with Gasteiger partial charge in [0.25, 0.3) is 0 Å². The molecular weight excluding hydrogens is 284 g/mol. The van der Waals surface area contributed by atoms with Crippen molar-refractivity contribution in [1.82, 2.24) is 5.32 Å². The number of carboxylic acids is 1. The van der Waals surface area contributed by atoms with Crippen LogP contribution in [-0.2, 0) is 9.53 Å². The minimum atomic E-state index is -1.47. The predicted octanol–water partition coefficient (Wildman–Crippen LogP) is 2.92. The number of rotatable bonds is 3. The number of carbonyl (C=O) groups excluding carboxylic acids is 1. The average molecular weight is 299 g/mol. The molecule has 0 saturated heterocycles. The zero-order valence-corrected chi connectivity index (χ0v) is 11.7. The minimum absolute atomic E-state index is 0.0408. The number of benzene rings is 1. The largest absolute Gasteiger partial charge is 0.477 e. The first-order chi connectivity index (χ1) is 9.56. The molecule has 0 aliphatic heterocycles. The van der Waals surface area contributed by atoms with Crippen molar-refractivity contribution >= 4 is 18.1 Å². The second-order valence-corrected chi connectivity index (χ2v) is 5.19. The van der Waals surface area contributed by atoms with Crippen LogP contribution in [0.25, 0.3) is 6.08 Å². The number of carboxylic acid groups (broad SMARTS) is 1. The third-order valence-corrected chi connectivity index (χ3v) is 2.06. The summed E-state index contributed by atoms with van der Waals surface area (Å²) in [7, 11) is 0. The summed E-state index contributed by atoms with van der Waals surface area (Å²) in [5.41, 5.74) is -1.41. The summed E-state index contributed by atoms with van der Waals surface area (Å²) in [6.45, 7) is 4.83. The van der Waals surface area contributed by atoms with Gasteiger partial charge in [-0.1, -0.05) is 0 Å². The van der Waals surface area contributed by atoms with Gasteiger partial charge in [-0.25, -0.2) is 18.4 Å². The van der Waals surface area contributed by atoms with Crippen molar-refractivity contribution in [2.75, 3.05) is 0 Å². The second kappa shape index (κ2) is 6.34. The Balaban J connectivity index is 2.99. The van der Waals surface area contributed by atoms with Crippen LogP contribution in [0.2, 0.25) is 0 Å². The number of hydrogen-bond acceptors (Lipinski definition) is 3. The summed E-state index contributed by atoms with van der Waals surface area (Å²) in [4.78, 5) is 22.6. The molecule has 0 atom stereocenters. The number of halogens is 2.